The van der Waals surface area contributed by atoms with Crippen molar-refractivity contribution in [1.29, 1.82) is 0 Å². The van der Waals surface area contributed by atoms with Gasteiger partial charge in [-0.3, -0.25) is 29.2 Å². The molecule has 5 heterocycles. The first-order chi connectivity index (χ1) is 31.6. The van der Waals surface area contributed by atoms with Gasteiger partial charge in [-0.25, -0.2) is 14.4 Å². The molecule has 3 aromatic heterocycles. The van der Waals surface area contributed by atoms with Gasteiger partial charge in [-0.05, 0) is 112 Å². The van der Waals surface area contributed by atoms with Crippen molar-refractivity contribution in [2.24, 2.45) is 0 Å². The molecule has 5 aromatic rings. The van der Waals surface area contributed by atoms with Gasteiger partial charge in [0, 0.05) is 79.3 Å². The van der Waals surface area contributed by atoms with Crippen LogP contribution in [-0.2, 0) is 44.0 Å². The quantitative estimate of drug-likeness (QED) is 0.0448. The van der Waals surface area contributed by atoms with E-state index in [0.717, 1.165) is 73.0 Å². The number of nitrogens with zero attached hydrogens (tertiary/aromatic N) is 6. The van der Waals surface area contributed by atoms with E-state index in [9.17, 15) is 23.6 Å². The van der Waals surface area contributed by atoms with Crippen LogP contribution in [0.2, 0.25) is 5.02 Å². The number of benzene rings is 2. The molecule has 342 valence electrons. The molecule has 1 unspecified atom stereocenters. The van der Waals surface area contributed by atoms with Gasteiger partial charge in [0.05, 0.1) is 23.4 Å². The number of anilines is 3. The van der Waals surface area contributed by atoms with E-state index in [2.05, 4.69) is 37.7 Å². The van der Waals surface area contributed by atoms with Gasteiger partial charge in [0.1, 0.15) is 11.9 Å². The molecule has 2 fully saturated rings. The van der Waals surface area contributed by atoms with E-state index in [1.165, 1.54) is 22.3 Å². The molecule has 3 aliphatic rings. The molecular weight excluding hydrogens is 875 g/mol. The summed E-state index contributed by atoms with van der Waals surface area (Å²) in [6.07, 6.45) is 11.3. The predicted octanol–water partition coefficient (Wildman–Crippen LogP) is 6.73. The summed E-state index contributed by atoms with van der Waals surface area (Å²) in [5.74, 6) is -0.898. The van der Waals surface area contributed by atoms with Crippen LogP contribution < -0.4 is 26.0 Å². The molecule has 16 nitrogen and oxygen atoms in total. The lowest BCUT2D eigenvalue weighted by molar-refractivity contribution is -0.137. The van der Waals surface area contributed by atoms with Crippen molar-refractivity contribution in [3.05, 3.63) is 106 Å². The number of carbonyl (C=O) groups excluding carboxylic acids is 4. The van der Waals surface area contributed by atoms with Gasteiger partial charge in [0.25, 0.3) is 5.91 Å². The molecule has 0 bridgehead atoms. The van der Waals surface area contributed by atoms with Gasteiger partial charge in [-0.2, -0.15) is 0 Å². The van der Waals surface area contributed by atoms with Gasteiger partial charge in [-0.15, -0.1) is 16.4 Å². The number of rotatable bonds is 21. The van der Waals surface area contributed by atoms with E-state index < -0.39 is 17.8 Å². The minimum atomic E-state index is -0.687. The summed E-state index contributed by atoms with van der Waals surface area (Å²) >= 11 is 7.54. The van der Waals surface area contributed by atoms with E-state index >= 15 is 0 Å². The molecule has 2 aromatic carbocycles. The number of halogens is 2. The number of aromatic nitrogens is 5. The highest BCUT2D eigenvalue weighted by atomic mass is 35.5. The van der Waals surface area contributed by atoms with E-state index in [1.807, 2.05) is 28.3 Å². The summed E-state index contributed by atoms with van der Waals surface area (Å²) in [6, 6.07) is 15.2. The molecule has 0 spiro atoms. The van der Waals surface area contributed by atoms with Crippen LogP contribution in [0.1, 0.15) is 91.5 Å². The molecule has 4 N–H and O–H groups in total. The Balaban J connectivity index is 0.735. The lowest BCUT2D eigenvalue weighted by Gasteiger charge is -2.38. The van der Waals surface area contributed by atoms with Crippen molar-refractivity contribution in [3.63, 3.8) is 0 Å². The van der Waals surface area contributed by atoms with Crippen LogP contribution in [0.4, 0.5) is 21.0 Å². The lowest BCUT2D eigenvalue weighted by atomic mass is 9.68. The van der Waals surface area contributed by atoms with E-state index in [-0.39, 0.29) is 59.5 Å². The third-order valence-corrected chi connectivity index (χ3v) is 13.1. The van der Waals surface area contributed by atoms with Crippen molar-refractivity contribution < 1.29 is 33.0 Å². The Morgan fingerprint density at radius 2 is 1.86 bits per heavy atom. The van der Waals surface area contributed by atoms with Crippen LogP contribution in [0.15, 0.2) is 72.4 Å². The third-order valence-electron chi connectivity index (χ3n) is 12.1. The molecule has 0 radical (unpaired) electrons. The van der Waals surface area contributed by atoms with Crippen molar-refractivity contribution in [2.75, 3.05) is 36.9 Å². The molecule has 1 saturated heterocycles. The lowest BCUT2D eigenvalue weighted by Crippen LogP contribution is -2.52. The Kier molecular flexibility index (Phi) is 15.1. The number of ether oxygens (including phenoxy) is 2. The summed E-state index contributed by atoms with van der Waals surface area (Å²) in [6.45, 7) is 2.92. The van der Waals surface area contributed by atoms with Crippen LogP contribution in [0.3, 0.4) is 0 Å². The molecule has 4 amide bonds. The topological polar surface area (TPSA) is 195 Å². The SMILES string of the molecule is O=C1CCC(N2Cc3cc(NC(=O)CNCCCOCCCCCn4cc(C5(Cc6cccc(Nc7nccs7)n6)CCC(Oc6cccc(Cl)c6F)CC5)nn4)ccc3C2=O)C(=O)N1. The summed E-state index contributed by atoms with van der Waals surface area (Å²) in [5.41, 5.74) is 3.30. The fraction of sp³-hybridized carbons (Fsp3) is 0.435. The van der Waals surface area contributed by atoms with Gasteiger partial charge in [0.2, 0.25) is 17.7 Å². The zero-order chi connectivity index (χ0) is 45.2. The van der Waals surface area contributed by atoms with Crippen LogP contribution in [0.25, 0.3) is 0 Å². The predicted molar refractivity (Wildman–Crippen MR) is 243 cm³/mol. The van der Waals surface area contributed by atoms with E-state index in [0.29, 0.717) is 56.7 Å². The average Bonchev–Trinajstić information content (AvgIpc) is 4.07. The third kappa shape index (κ3) is 11.7. The number of imide groups is 1. The van der Waals surface area contributed by atoms with Crippen molar-refractivity contribution in [1.82, 2.24) is 40.5 Å². The van der Waals surface area contributed by atoms with Crippen molar-refractivity contribution in [3.8, 4) is 5.75 Å². The Morgan fingerprint density at radius 3 is 2.69 bits per heavy atom. The fourth-order valence-electron chi connectivity index (χ4n) is 8.69. The Morgan fingerprint density at radius 1 is 1.02 bits per heavy atom. The molecule has 1 atom stereocenters. The zero-order valence-corrected chi connectivity index (χ0v) is 37.5. The zero-order valence-electron chi connectivity index (χ0n) is 35.9. The van der Waals surface area contributed by atoms with Crippen LogP contribution in [0, 0.1) is 5.82 Å². The minimum absolute atomic E-state index is 0.0410. The van der Waals surface area contributed by atoms with Gasteiger partial charge in [0.15, 0.2) is 16.7 Å². The second kappa shape index (κ2) is 21.4. The number of thiazole rings is 1. The molecule has 1 saturated carbocycles. The highest BCUT2D eigenvalue weighted by Crippen LogP contribution is 2.43. The number of carbonyl (C=O) groups is 4. The smallest absolute Gasteiger partial charge is 0.255 e. The normalized spacial score (nSPS) is 19.5. The van der Waals surface area contributed by atoms with Crippen LogP contribution >= 0.6 is 22.9 Å². The molecular formula is C46H52ClFN10O6S. The molecule has 8 rings (SSSR count). The summed E-state index contributed by atoms with van der Waals surface area (Å²) in [4.78, 5) is 60.2. The van der Waals surface area contributed by atoms with Gasteiger partial charge >= 0.3 is 0 Å². The molecule has 1 aliphatic carbocycles. The molecule has 19 heteroatoms. The maximum Gasteiger partial charge on any atom is 0.255 e. The van der Waals surface area contributed by atoms with Gasteiger partial charge < -0.3 is 30.3 Å². The Bertz CT molecular complexity index is 2460. The summed E-state index contributed by atoms with van der Waals surface area (Å²) in [5, 5.41) is 23.6. The van der Waals surface area contributed by atoms with Crippen LogP contribution in [-0.4, -0.2) is 91.9 Å². The van der Waals surface area contributed by atoms with Crippen LogP contribution in [0.5, 0.6) is 5.75 Å². The first kappa shape index (κ1) is 45.7. The highest BCUT2D eigenvalue weighted by molar-refractivity contribution is 7.13. The first-order valence-electron chi connectivity index (χ1n) is 22.1. The summed E-state index contributed by atoms with van der Waals surface area (Å²) < 4.78 is 28.6. The maximum absolute atomic E-state index is 14.7. The van der Waals surface area contributed by atoms with E-state index in [1.54, 1.807) is 36.5 Å². The number of piperidine rings is 1. The minimum Gasteiger partial charge on any atom is -0.487 e. The average molecular weight is 928 g/mol. The largest absolute Gasteiger partial charge is 0.487 e. The number of aryl methyl sites for hydroxylation is 1. The molecule has 2 aliphatic heterocycles. The Labute approximate surface area is 385 Å². The number of fused-ring (bicyclic) bond motifs is 1. The van der Waals surface area contributed by atoms with Gasteiger partial charge in [-0.1, -0.05) is 28.9 Å². The number of amides is 4. The number of hydrogen-bond acceptors (Lipinski definition) is 13. The fourth-order valence-corrected chi connectivity index (χ4v) is 9.40. The summed E-state index contributed by atoms with van der Waals surface area (Å²) in [7, 11) is 0. The van der Waals surface area contributed by atoms with Crippen molar-refractivity contribution >= 4 is 63.2 Å². The number of pyridine rings is 1. The number of unbranched alkanes of at least 4 members (excludes halogenated alkanes) is 2. The Hall–Kier alpha value is -5.82. The van der Waals surface area contributed by atoms with Crippen molar-refractivity contribution in [2.45, 2.75) is 101 Å². The van der Waals surface area contributed by atoms with E-state index in [4.69, 9.17) is 31.2 Å². The molecule has 65 heavy (non-hydrogen) atoms. The number of nitrogens with one attached hydrogen (secondary N) is 4. The standard InChI is InChI=1S/C46H52ClFN10O6S/c47-35-8-5-9-37(42(35)48)64-33-15-17-46(18-16-33,26-32-7-4-10-39(51-32)53-45-50-20-24-65-45)38-29-57(56-55-38)21-2-1-3-22-63-23-6-19-49-27-41(60)52-31-11-12-34-30(25-31)28-58(44(34)62)36-13-14-40(59)54-43(36)61/h4-5,7-12,20,24-25,29,33,36,49H,1-3,6,13-19,21-23,26-28H2,(H,52,60)(H,50,51,53)(H,54,59,61). The monoisotopic (exact) mass is 926 g/mol. The maximum atomic E-state index is 14.7. The highest BCUT2D eigenvalue weighted by Gasteiger charge is 2.41. The second-order valence-electron chi connectivity index (χ2n) is 16.7. The first-order valence-corrected chi connectivity index (χ1v) is 23.4. The second-order valence-corrected chi connectivity index (χ2v) is 18.0. The number of hydrogen-bond donors (Lipinski definition) is 4.